The van der Waals surface area contributed by atoms with Crippen molar-refractivity contribution in [2.75, 3.05) is 45.3 Å². The average molecular weight is 568 g/mol. The Morgan fingerprint density at radius 3 is 2.31 bits per heavy atom. The lowest BCUT2D eigenvalue weighted by Crippen LogP contribution is -2.68. The quantitative estimate of drug-likeness (QED) is 0.293. The normalized spacial score (nSPS) is 20.1. The van der Waals surface area contributed by atoms with Crippen LogP contribution in [0.4, 0.5) is 10.5 Å². The lowest BCUT2D eigenvalue weighted by Gasteiger charge is -2.57. The number of fused-ring (bicyclic) bond motifs is 1. The van der Waals surface area contributed by atoms with Gasteiger partial charge in [-0.05, 0) is 73.5 Å². The molecule has 2 heterocycles. The number of nitrogens with one attached hydrogen (secondary N) is 1. The fourth-order valence-electron chi connectivity index (χ4n) is 5.80. The zero-order valence-electron chi connectivity index (χ0n) is 23.9. The Morgan fingerprint density at radius 1 is 0.929 bits per heavy atom. The van der Waals surface area contributed by atoms with Crippen molar-refractivity contribution >= 4 is 17.7 Å². The van der Waals surface area contributed by atoms with Crippen molar-refractivity contribution in [2.24, 2.45) is 0 Å². The third-order valence-electron chi connectivity index (χ3n) is 7.98. The Kier molecular flexibility index (Phi) is 9.75. The minimum Gasteiger partial charge on any atom is -0.497 e. The first-order valence-electron chi connectivity index (χ1n) is 14.4. The van der Waals surface area contributed by atoms with Gasteiger partial charge in [-0.1, -0.05) is 42.2 Å². The van der Waals surface area contributed by atoms with Gasteiger partial charge in [0, 0.05) is 47.9 Å². The number of carbonyl (C=O) groups excluding carboxylic acids is 1. The van der Waals surface area contributed by atoms with Crippen molar-refractivity contribution in [3.63, 3.8) is 0 Å². The Labute approximate surface area is 247 Å². The standard InChI is InChI=1S/C34H37N3O5/c1-41-29-17-15-28(16-18-29)35-34(40)36-20-5-6-21-37-30(23-36)33(31(37)24-42-22-19-32(38)39)27-13-11-26(12-14-27)10-9-25-7-3-2-4-8-25/h2-4,7-8,11-18,30-31,33H,5-6,19-24H2,1H3,(H,35,40)(H,38,39)/t30-,31-,33+/m0/s1. The first kappa shape index (κ1) is 29.2. The molecule has 218 valence electrons. The number of hydrogen-bond acceptors (Lipinski definition) is 5. The highest BCUT2D eigenvalue weighted by atomic mass is 16.5. The molecule has 2 amide bonds. The summed E-state index contributed by atoms with van der Waals surface area (Å²) >= 11 is 0. The number of benzene rings is 3. The molecule has 0 unspecified atom stereocenters. The molecule has 42 heavy (non-hydrogen) atoms. The van der Waals surface area contributed by atoms with Gasteiger partial charge in [0.1, 0.15) is 5.75 Å². The minimum absolute atomic E-state index is 0.0189. The van der Waals surface area contributed by atoms with Gasteiger partial charge in [0.05, 0.1) is 26.7 Å². The molecule has 3 aromatic rings. The molecule has 0 aliphatic carbocycles. The summed E-state index contributed by atoms with van der Waals surface area (Å²) in [5.41, 5.74) is 3.80. The molecule has 2 fully saturated rings. The lowest BCUT2D eigenvalue weighted by atomic mass is 9.74. The Balaban J connectivity index is 1.32. The van der Waals surface area contributed by atoms with E-state index in [2.05, 4.69) is 34.2 Å². The number of amides is 2. The molecule has 3 atom stereocenters. The average Bonchev–Trinajstić information content (AvgIpc) is 2.99. The number of nitrogens with zero attached hydrogens (tertiary/aromatic N) is 2. The molecular formula is C34H37N3O5. The number of urea groups is 1. The maximum Gasteiger partial charge on any atom is 0.321 e. The number of carboxylic acids is 1. The third-order valence-corrected chi connectivity index (χ3v) is 7.98. The van der Waals surface area contributed by atoms with E-state index in [-0.39, 0.29) is 37.1 Å². The number of methoxy groups -OCH3 is 1. The molecule has 2 aliphatic heterocycles. The second-order valence-electron chi connectivity index (χ2n) is 10.7. The van der Waals surface area contributed by atoms with Crippen LogP contribution in [0.5, 0.6) is 5.75 Å². The van der Waals surface area contributed by atoms with Crippen LogP contribution >= 0.6 is 0 Å². The van der Waals surface area contributed by atoms with E-state index in [0.717, 1.165) is 42.0 Å². The lowest BCUT2D eigenvalue weighted by molar-refractivity contribution is -0.139. The van der Waals surface area contributed by atoms with E-state index in [9.17, 15) is 9.59 Å². The van der Waals surface area contributed by atoms with Gasteiger partial charge in [-0.25, -0.2) is 4.79 Å². The van der Waals surface area contributed by atoms with Gasteiger partial charge < -0.3 is 24.8 Å². The number of aliphatic carboxylic acids is 1. The van der Waals surface area contributed by atoms with E-state index < -0.39 is 5.97 Å². The highest BCUT2D eigenvalue weighted by Gasteiger charge is 2.50. The predicted molar refractivity (Wildman–Crippen MR) is 162 cm³/mol. The summed E-state index contributed by atoms with van der Waals surface area (Å²) in [6.45, 7) is 2.83. The summed E-state index contributed by atoms with van der Waals surface area (Å²) in [6.07, 6.45) is 1.86. The van der Waals surface area contributed by atoms with E-state index in [4.69, 9.17) is 14.6 Å². The van der Waals surface area contributed by atoms with E-state index in [1.165, 1.54) is 5.56 Å². The Bertz CT molecular complexity index is 1400. The van der Waals surface area contributed by atoms with Gasteiger partial charge >= 0.3 is 12.0 Å². The van der Waals surface area contributed by atoms with Crippen LogP contribution in [-0.2, 0) is 9.53 Å². The van der Waals surface area contributed by atoms with Crippen LogP contribution in [0.25, 0.3) is 0 Å². The molecule has 0 radical (unpaired) electrons. The molecule has 2 N–H and O–H groups in total. The summed E-state index contributed by atoms with van der Waals surface area (Å²) in [7, 11) is 1.62. The number of carbonyl (C=O) groups is 2. The van der Waals surface area contributed by atoms with Crippen molar-refractivity contribution in [1.29, 1.82) is 0 Å². The van der Waals surface area contributed by atoms with Crippen LogP contribution < -0.4 is 10.1 Å². The fourth-order valence-corrected chi connectivity index (χ4v) is 5.80. The van der Waals surface area contributed by atoms with E-state index >= 15 is 0 Å². The predicted octanol–water partition coefficient (Wildman–Crippen LogP) is 5.05. The molecule has 0 aromatic heterocycles. The Hall–Kier alpha value is -4.32. The van der Waals surface area contributed by atoms with Gasteiger partial charge in [-0.2, -0.15) is 0 Å². The minimum atomic E-state index is -0.866. The number of anilines is 1. The van der Waals surface area contributed by atoms with Gasteiger partial charge in [0.15, 0.2) is 0 Å². The molecule has 0 bridgehead atoms. The smallest absolute Gasteiger partial charge is 0.321 e. The van der Waals surface area contributed by atoms with Crippen LogP contribution in [0, 0.1) is 11.8 Å². The number of carboxylic acid groups (broad SMARTS) is 1. The SMILES string of the molecule is COc1ccc(NC(=O)N2CCCCN3[C@@H](COCCC(=O)O)[C@H](c4ccc(C#Cc5ccccc5)cc4)[C@@H]3C2)cc1. The molecule has 8 heteroatoms. The van der Waals surface area contributed by atoms with Gasteiger partial charge in [0.25, 0.3) is 0 Å². The first-order chi connectivity index (χ1) is 20.5. The molecule has 0 spiro atoms. The van der Waals surface area contributed by atoms with Gasteiger partial charge in [-0.3, -0.25) is 9.69 Å². The van der Waals surface area contributed by atoms with Crippen LogP contribution in [0.1, 0.15) is 41.9 Å². The van der Waals surface area contributed by atoms with E-state index in [0.29, 0.717) is 19.7 Å². The number of ether oxygens (including phenoxy) is 2. The Morgan fingerprint density at radius 2 is 1.62 bits per heavy atom. The van der Waals surface area contributed by atoms with Crippen molar-refractivity contribution in [3.05, 3.63) is 95.6 Å². The molecule has 5 rings (SSSR count). The van der Waals surface area contributed by atoms with Gasteiger partial charge in [0.2, 0.25) is 0 Å². The van der Waals surface area contributed by atoms with Crippen LogP contribution in [0.3, 0.4) is 0 Å². The molecular weight excluding hydrogens is 530 g/mol. The summed E-state index contributed by atoms with van der Waals surface area (Å²) in [5, 5.41) is 12.1. The van der Waals surface area contributed by atoms with Crippen LogP contribution in [0.2, 0.25) is 0 Å². The van der Waals surface area contributed by atoms with Crippen molar-refractivity contribution in [2.45, 2.75) is 37.3 Å². The first-order valence-corrected chi connectivity index (χ1v) is 14.4. The monoisotopic (exact) mass is 567 g/mol. The topological polar surface area (TPSA) is 91.3 Å². The van der Waals surface area contributed by atoms with Crippen molar-refractivity contribution in [1.82, 2.24) is 9.80 Å². The number of hydrogen-bond donors (Lipinski definition) is 2. The maximum absolute atomic E-state index is 13.4. The summed E-state index contributed by atoms with van der Waals surface area (Å²) in [6, 6.07) is 25.7. The molecule has 2 saturated heterocycles. The second-order valence-corrected chi connectivity index (χ2v) is 10.7. The fraction of sp³-hybridized carbons (Fsp3) is 0.353. The third kappa shape index (κ3) is 7.30. The molecule has 3 aromatic carbocycles. The second kappa shape index (κ2) is 14.0. The molecule has 0 saturated carbocycles. The zero-order chi connectivity index (χ0) is 29.3. The highest BCUT2D eigenvalue weighted by Crippen LogP contribution is 2.42. The van der Waals surface area contributed by atoms with Crippen molar-refractivity contribution in [3.8, 4) is 17.6 Å². The summed E-state index contributed by atoms with van der Waals surface area (Å²) in [4.78, 5) is 28.7. The maximum atomic E-state index is 13.4. The van der Waals surface area contributed by atoms with Crippen LogP contribution in [-0.4, -0.2) is 78.9 Å². The van der Waals surface area contributed by atoms with E-state index in [1.807, 2.05) is 71.6 Å². The largest absolute Gasteiger partial charge is 0.497 e. The zero-order valence-corrected chi connectivity index (χ0v) is 23.9. The molecule has 8 nitrogen and oxygen atoms in total. The highest BCUT2D eigenvalue weighted by molar-refractivity contribution is 5.89. The van der Waals surface area contributed by atoms with Crippen LogP contribution in [0.15, 0.2) is 78.9 Å². The van der Waals surface area contributed by atoms with Gasteiger partial charge in [-0.15, -0.1) is 0 Å². The number of rotatable bonds is 8. The van der Waals surface area contributed by atoms with Crippen molar-refractivity contribution < 1.29 is 24.2 Å². The summed E-state index contributed by atoms with van der Waals surface area (Å²) < 4.78 is 11.1. The van der Waals surface area contributed by atoms with E-state index in [1.54, 1.807) is 7.11 Å². The summed E-state index contributed by atoms with van der Waals surface area (Å²) in [5.74, 6) is 6.46. The molecule has 2 aliphatic rings.